The van der Waals surface area contributed by atoms with Gasteiger partial charge in [-0.1, -0.05) is 12.1 Å². The summed E-state index contributed by atoms with van der Waals surface area (Å²) in [7, 11) is 1.71. The highest BCUT2D eigenvalue weighted by Gasteiger charge is 2.26. The summed E-state index contributed by atoms with van der Waals surface area (Å²) in [5, 5.41) is 3.47. The molecule has 0 aliphatic carbocycles. The lowest BCUT2D eigenvalue weighted by molar-refractivity contribution is 0.0394. The highest BCUT2D eigenvalue weighted by atomic mass is 127. The third-order valence-corrected chi connectivity index (χ3v) is 5.19. The first-order valence-electron chi connectivity index (χ1n) is 9.77. The van der Waals surface area contributed by atoms with E-state index in [1.54, 1.807) is 7.11 Å². The molecule has 2 heterocycles. The van der Waals surface area contributed by atoms with Crippen molar-refractivity contribution in [2.24, 2.45) is 4.99 Å². The molecule has 1 aromatic carbocycles. The van der Waals surface area contributed by atoms with E-state index in [4.69, 9.17) is 14.5 Å². The standard InChI is InChI=1S/C20H32N4O2.HI/c1-3-21-20(22-9-11-23-12-14-26-15-13-23)24-10-8-18(16-24)17-4-6-19(25-2)7-5-17;/h4-7,18H,3,8-16H2,1-2H3,(H,21,22);1H. The number of halogens is 1. The van der Waals surface area contributed by atoms with Crippen molar-refractivity contribution < 1.29 is 9.47 Å². The lowest BCUT2D eigenvalue weighted by Gasteiger charge is -2.26. The van der Waals surface area contributed by atoms with Crippen LogP contribution in [0.15, 0.2) is 29.3 Å². The Hall–Kier alpha value is -1.06. The van der Waals surface area contributed by atoms with Crippen LogP contribution in [0, 0.1) is 0 Å². The van der Waals surface area contributed by atoms with Crippen molar-refractivity contribution in [3.63, 3.8) is 0 Å². The Morgan fingerprint density at radius 1 is 1.22 bits per heavy atom. The zero-order valence-corrected chi connectivity index (χ0v) is 18.9. The van der Waals surface area contributed by atoms with Gasteiger partial charge in [0.2, 0.25) is 0 Å². The molecule has 3 rings (SSSR count). The first kappa shape index (κ1) is 22.2. The predicted molar refractivity (Wildman–Crippen MR) is 121 cm³/mol. The first-order chi connectivity index (χ1) is 12.8. The van der Waals surface area contributed by atoms with Gasteiger partial charge < -0.3 is 19.7 Å². The summed E-state index contributed by atoms with van der Waals surface area (Å²) < 4.78 is 10.7. The molecule has 1 aromatic rings. The summed E-state index contributed by atoms with van der Waals surface area (Å²) >= 11 is 0. The minimum absolute atomic E-state index is 0. The van der Waals surface area contributed by atoms with Crippen LogP contribution in [0.5, 0.6) is 5.75 Å². The van der Waals surface area contributed by atoms with Gasteiger partial charge in [-0.05, 0) is 31.0 Å². The largest absolute Gasteiger partial charge is 0.497 e. The molecule has 27 heavy (non-hydrogen) atoms. The summed E-state index contributed by atoms with van der Waals surface area (Å²) in [6, 6.07) is 8.49. The van der Waals surface area contributed by atoms with Crippen molar-refractivity contribution in [3.8, 4) is 5.75 Å². The van der Waals surface area contributed by atoms with Crippen LogP contribution in [0.1, 0.15) is 24.8 Å². The van der Waals surface area contributed by atoms with E-state index in [0.29, 0.717) is 5.92 Å². The molecule has 0 spiro atoms. The van der Waals surface area contributed by atoms with Crippen molar-refractivity contribution in [3.05, 3.63) is 29.8 Å². The number of nitrogens with one attached hydrogen (secondary N) is 1. The van der Waals surface area contributed by atoms with Crippen LogP contribution in [0.25, 0.3) is 0 Å². The normalized spacial score (nSPS) is 21.0. The number of hydrogen-bond donors (Lipinski definition) is 1. The van der Waals surface area contributed by atoms with E-state index in [9.17, 15) is 0 Å². The average Bonchev–Trinajstić information content (AvgIpc) is 3.18. The van der Waals surface area contributed by atoms with Gasteiger partial charge in [0.05, 0.1) is 26.9 Å². The highest BCUT2D eigenvalue weighted by molar-refractivity contribution is 14.0. The van der Waals surface area contributed by atoms with Gasteiger partial charge >= 0.3 is 0 Å². The van der Waals surface area contributed by atoms with E-state index in [2.05, 4.69) is 46.3 Å². The molecule has 0 radical (unpaired) electrons. The number of methoxy groups -OCH3 is 1. The molecule has 2 fully saturated rings. The van der Waals surface area contributed by atoms with Gasteiger partial charge in [-0.15, -0.1) is 24.0 Å². The lowest BCUT2D eigenvalue weighted by atomic mass is 9.98. The molecule has 0 aromatic heterocycles. The van der Waals surface area contributed by atoms with E-state index >= 15 is 0 Å². The third kappa shape index (κ3) is 6.50. The van der Waals surface area contributed by atoms with Gasteiger partial charge in [-0.25, -0.2) is 0 Å². The number of aliphatic imine (C=N–C) groups is 1. The van der Waals surface area contributed by atoms with Crippen molar-refractivity contribution in [2.45, 2.75) is 19.3 Å². The molecular weight excluding hydrogens is 455 g/mol. The average molecular weight is 488 g/mol. The number of nitrogens with zero attached hydrogens (tertiary/aromatic N) is 3. The molecule has 152 valence electrons. The van der Waals surface area contributed by atoms with Gasteiger partial charge in [-0.3, -0.25) is 9.89 Å². The lowest BCUT2D eigenvalue weighted by Crippen LogP contribution is -2.41. The zero-order valence-electron chi connectivity index (χ0n) is 16.5. The van der Waals surface area contributed by atoms with Crippen LogP contribution >= 0.6 is 24.0 Å². The fraction of sp³-hybridized carbons (Fsp3) is 0.650. The van der Waals surface area contributed by atoms with Crippen LogP contribution in [0.2, 0.25) is 0 Å². The Morgan fingerprint density at radius 3 is 2.63 bits per heavy atom. The Kier molecular flexibility index (Phi) is 9.64. The Bertz CT molecular complexity index is 576. The summed E-state index contributed by atoms with van der Waals surface area (Å²) in [6.07, 6.45) is 1.17. The number of rotatable bonds is 6. The summed E-state index contributed by atoms with van der Waals surface area (Å²) in [4.78, 5) is 9.71. The van der Waals surface area contributed by atoms with Gasteiger partial charge in [0, 0.05) is 45.2 Å². The number of morpholine rings is 1. The molecule has 2 aliphatic rings. The van der Waals surface area contributed by atoms with Gasteiger partial charge in [0.15, 0.2) is 5.96 Å². The molecule has 0 bridgehead atoms. The van der Waals surface area contributed by atoms with Gasteiger partial charge in [-0.2, -0.15) is 0 Å². The SMILES string of the molecule is CCNC(=NCCN1CCOCC1)N1CCC(c2ccc(OC)cc2)C1.I. The quantitative estimate of drug-likeness (QED) is 0.379. The predicted octanol–water partition coefficient (Wildman–Crippen LogP) is 2.40. The van der Waals surface area contributed by atoms with Crippen LogP contribution in [0.3, 0.4) is 0 Å². The number of guanidine groups is 1. The van der Waals surface area contributed by atoms with Crippen molar-refractivity contribution in [1.29, 1.82) is 0 Å². The van der Waals surface area contributed by atoms with Crippen molar-refractivity contribution in [2.75, 3.05) is 66.1 Å². The van der Waals surface area contributed by atoms with E-state index < -0.39 is 0 Å². The fourth-order valence-corrected chi connectivity index (χ4v) is 3.65. The van der Waals surface area contributed by atoms with E-state index in [0.717, 1.165) is 70.7 Å². The monoisotopic (exact) mass is 488 g/mol. The summed E-state index contributed by atoms with van der Waals surface area (Å²) in [5.74, 6) is 2.53. The number of benzene rings is 1. The van der Waals surface area contributed by atoms with Gasteiger partial charge in [0.1, 0.15) is 5.75 Å². The third-order valence-electron chi connectivity index (χ3n) is 5.19. The first-order valence-corrected chi connectivity index (χ1v) is 9.77. The van der Waals surface area contributed by atoms with Crippen LogP contribution in [-0.4, -0.2) is 81.9 Å². The maximum Gasteiger partial charge on any atom is 0.193 e. The molecule has 1 unspecified atom stereocenters. The van der Waals surface area contributed by atoms with Gasteiger partial charge in [0.25, 0.3) is 0 Å². The Labute approximate surface area is 180 Å². The molecule has 0 saturated carbocycles. The molecule has 2 aliphatic heterocycles. The van der Waals surface area contributed by atoms with Crippen molar-refractivity contribution >= 4 is 29.9 Å². The zero-order chi connectivity index (χ0) is 18.2. The molecule has 7 heteroatoms. The minimum Gasteiger partial charge on any atom is -0.497 e. The Balaban J connectivity index is 0.00000261. The number of likely N-dealkylation sites (tertiary alicyclic amines) is 1. The minimum atomic E-state index is 0. The van der Waals surface area contributed by atoms with E-state index in [1.165, 1.54) is 12.0 Å². The maximum absolute atomic E-state index is 5.41. The molecule has 6 nitrogen and oxygen atoms in total. The molecular formula is C20H33IN4O2. The van der Waals surface area contributed by atoms with Crippen LogP contribution in [0.4, 0.5) is 0 Å². The maximum atomic E-state index is 5.41. The van der Waals surface area contributed by atoms with Crippen LogP contribution < -0.4 is 10.1 Å². The smallest absolute Gasteiger partial charge is 0.193 e. The second-order valence-electron chi connectivity index (χ2n) is 6.89. The summed E-state index contributed by atoms with van der Waals surface area (Å²) in [5.41, 5.74) is 1.39. The molecule has 1 N–H and O–H groups in total. The highest BCUT2D eigenvalue weighted by Crippen LogP contribution is 2.28. The topological polar surface area (TPSA) is 49.3 Å². The molecule has 2 saturated heterocycles. The van der Waals surface area contributed by atoms with Crippen molar-refractivity contribution in [1.82, 2.24) is 15.1 Å². The molecule has 1 atom stereocenters. The van der Waals surface area contributed by atoms with E-state index in [-0.39, 0.29) is 24.0 Å². The van der Waals surface area contributed by atoms with E-state index in [1.807, 2.05) is 0 Å². The second kappa shape index (κ2) is 11.7. The number of hydrogen-bond acceptors (Lipinski definition) is 4. The van der Waals surface area contributed by atoms with Crippen LogP contribution in [-0.2, 0) is 4.74 Å². The second-order valence-corrected chi connectivity index (χ2v) is 6.89. The number of ether oxygens (including phenoxy) is 2. The fourth-order valence-electron chi connectivity index (χ4n) is 3.65. The summed E-state index contributed by atoms with van der Waals surface area (Å²) in [6.45, 7) is 10.7. The molecule has 0 amide bonds. The Morgan fingerprint density at radius 2 is 1.96 bits per heavy atom.